The van der Waals surface area contributed by atoms with Crippen molar-refractivity contribution >= 4 is 11.6 Å². The molecule has 1 atom stereocenters. The molecule has 2 N–H and O–H groups in total. The number of nitrogens with zero attached hydrogens (tertiary/aromatic N) is 1. The van der Waals surface area contributed by atoms with Gasteiger partial charge in [0.25, 0.3) is 0 Å². The number of amides is 1. The molecule has 0 aromatic heterocycles. The van der Waals surface area contributed by atoms with E-state index < -0.39 is 0 Å². The van der Waals surface area contributed by atoms with Gasteiger partial charge in [0.15, 0.2) is 0 Å². The molecule has 1 aromatic carbocycles. The molecule has 2 rings (SSSR count). The predicted octanol–water partition coefficient (Wildman–Crippen LogP) is 0.734. The number of para-hydroxylation sites is 1. The first-order valence-electron chi connectivity index (χ1n) is 6.47. The smallest absolute Gasteiger partial charge is 0.240 e. The minimum atomic E-state index is -0.0400. The van der Waals surface area contributed by atoms with Crippen LogP contribution in [0, 0.1) is 12.3 Å². The summed E-state index contributed by atoms with van der Waals surface area (Å²) in [6, 6.07) is 8.51. The highest BCUT2D eigenvalue weighted by atomic mass is 16.2. The lowest BCUT2D eigenvalue weighted by Crippen LogP contribution is -2.42. The molecule has 0 fully saturated rings. The monoisotopic (exact) mass is 257 g/mol. The van der Waals surface area contributed by atoms with Gasteiger partial charge in [-0.25, -0.2) is 0 Å². The number of benzene rings is 1. The van der Waals surface area contributed by atoms with Gasteiger partial charge in [0.2, 0.25) is 5.91 Å². The Hall–Kier alpha value is -1.99. The second-order valence-corrected chi connectivity index (χ2v) is 4.77. The summed E-state index contributed by atoms with van der Waals surface area (Å²) in [4.78, 5) is 13.9. The third kappa shape index (κ3) is 3.49. The fraction of sp³-hybridized carbons (Fsp3) is 0.400. The lowest BCUT2D eigenvalue weighted by molar-refractivity contribution is -0.119. The number of fused-ring (bicyclic) bond motifs is 1. The quantitative estimate of drug-likeness (QED) is 0.785. The Morgan fingerprint density at radius 1 is 1.58 bits per heavy atom. The van der Waals surface area contributed by atoms with Crippen molar-refractivity contribution in [2.75, 3.05) is 24.5 Å². The fourth-order valence-electron chi connectivity index (χ4n) is 2.28. The van der Waals surface area contributed by atoms with Gasteiger partial charge in [-0.1, -0.05) is 24.1 Å². The maximum atomic E-state index is 11.8. The lowest BCUT2D eigenvalue weighted by Gasteiger charge is -2.25. The first-order chi connectivity index (χ1) is 9.20. The van der Waals surface area contributed by atoms with Crippen LogP contribution in [0.4, 0.5) is 5.69 Å². The molecule has 19 heavy (non-hydrogen) atoms. The van der Waals surface area contributed by atoms with Crippen LogP contribution in [0.2, 0.25) is 0 Å². The van der Waals surface area contributed by atoms with Crippen molar-refractivity contribution in [1.82, 2.24) is 10.6 Å². The van der Waals surface area contributed by atoms with Gasteiger partial charge in [0.05, 0.1) is 13.1 Å². The van der Waals surface area contributed by atoms with Crippen molar-refractivity contribution in [3.63, 3.8) is 0 Å². The zero-order valence-corrected chi connectivity index (χ0v) is 11.1. The molecule has 0 saturated carbocycles. The maximum Gasteiger partial charge on any atom is 0.240 e. The molecule has 1 unspecified atom stereocenters. The maximum absolute atomic E-state index is 11.8. The third-order valence-electron chi connectivity index (χ3n) is 3.19. The number of carbonyl (C=O) groups excluding carboxylic acids is 1. The Labute approximate surface area is 114 Å². The molecule has 4 heteroatoms. The van der Waals surface area contributed by atoms with E-state index in [1.165, 1.54) is 5.56 Å². The molecule has 0 saturated heterocycles. The Bertz CT molecular complexity index is 492. The van der Waals surface area contributed by atoms with Gasteiger partial charge < -0.3 is 15.5 Å². The summed E-state index contributed by atoms with van der Waals surface area (Å²) < 4.78 is 0. The van der Waals surface area contributed by atoms with E-state index in [-0.39, 0.29) is 12.5 Å². The van der Waals surface area contributed by atoms with E-state index in [4.69, 9.17) is 6.42 Å². The summed E-state index contributed by atoms with van der Waals surface area (Å²) >= 11 is 0. The van der Waals surface area contributed by atoms with Crippen LogP contribution in [-0.4, -0.2) is 31.6 Å². The molecular weight excluding hydrogens is 238 g/mol. The van der Waals surface area contributed by atoms with Gasteiger partial charge in [-0.15, -0.1) is 6.42 Å². The van der Waals surface area contributed by atoms with E-state index in [1.807, 2.05) is 12.1 Å². The number of terminal acetylenes is 1. The number of rotatable bonds is 3. The molecule has 1 amide bonds. The number of anilines is 1. The van der Waals surface area contributed by atoms with Gasteiger partial charge in [-0.2, -0.15) is 0 Å². The third-order valence-corrected chi connectivity index (χ3v) is 3.19. The highest BCUT2D eigenvalue weighted by Crippen LogP contribution is 2.22. The second kappa shape index (κ2) is 6.26. The standard InChI is InChI=1S/C15H19N3O/c1-3-8-16-15(19)11-18-10-12(2)17-9-13-6-4-5-7-14(13)18/h1,4-7,12,17H,8-11H2,2H3,(H,16,19). The molecule has 1 aromatic rings. The molecule has 100 valence electrons. The van der Waals surface area contributed by atoms with Crippen LogP contribution in [0.1, 0.15) is 12.5 Å². The first kappa shape index (κ1) is 13.4. The van der Waals surface area contributed by atoms with Crippen molar-refractivity contribution in [3.8, 4) is 12.3 Å². The predicted molar refractivity (Wildman–Crippen MR) is 76.8 cm³/mol. The average molecular weight is 257 g/mol. The van der Waals surface area contributed by atoms with Crippen LogP contribution in [0.3, 0.4) is 0 Å². The lowest BCUT2D eigenvalue weighted by atomic mass is 10.1. The molecule has 1 aliphatic rings. The van der Waals surface area contributed by atoms with Crippen LogP contribution in [0.15, 0.2) is 24.3 Å². The van der Waals surface area contributed by atoms with Crippen LogP contribution < -0.4 is 15.5 Å². The molecule has 0 aliphatic carbocycles. The summed E-state index contributed by atoms with van der Waals surface area (Å²) in [5.74, 6) is 2.37. The SMILES string of the molecule is C#CCNC(=O)CN1CC(C)NCc2ccccc21. The molecule has 1 aliphatic heterocycles. The summed E-state index contributed by atoms with van der Waals surface area (Å²) in [5, 5.41) is 6.15. The van der Waals surface area contributed by atoms with Gasteiger partial charge >= 0.3 is 0 Å². The highest BCUT2D eigenvalue weighted by Gasteiger charge is 2.20. The van der Waals surface area contributed by atoms with E-state index in [9.17, 15) is 4.79 Å². The zero-order chi connectivity index (χ0) is 13.7. The van der Waals surface area contributed by atoms with Gasteiger partial charge in [0, 0.05) is 24.8 Å². The number of carbonyl (C=O) groups is 1. The Morgan fingerprint density at radius 2 is 2.37 bits per heavy atom. The van der Waals surface area contributed by atoms with Gasteiger partial charge in [-0.3, -0.25) is 4.79 Å². The average Bonchev–Trinajstić information content (AvgIpc) is 2.57. The summed E-state index contributed by atoms with van der Waals surface area (Å²) in [6.45, 7) is 4.38. The number of hydrogen-bond acceptors (Lipinski definition) is 3. The van der Waals surface area contributed by atoms with Crippen molar-refractivity contribution in [3.05, 3.63) is 29.8 Å². The second-order valence-electron chi connectivity index (χ2n) is 4.77. The normalized spacial score (nSPS) is 18.1. The largest absolute Gasteiger partial charge is 0.360 e. The summed E-state index contributed by atoms with van der Waals surface area (Å²) in [6.07, 6.45) is 5.15. The van der Waals surface area contributed by atoms with Gasteiger partial charge in [-0.05, 0) is 18.6 Å². The number of nitrogens with one attached hydrogen (secondary N) is 2. The van der Waals surface area contributed by atoms with Crippen LogP contribution in [0.5, 0.6) is 0 Å². The Morgan fingerprint density at radius 3 is 3.16 bits per heavy atom. The van der Waals surface area contributed by atoms with Crippen LogP contribution in [0.25, 0.3) is 0 Å². The summed E-state index contributed by atoms with van der Waals surface area (Å²) in [7, 11) is 0. The van der Waals surface area contributed by atoms with E-state index in [2.05, 4.69) is 40.5 Å². The summed E-state index contributed by atoms with van der Waals surface area (Å²) in [5.41, 5.74) is 2.34. The van der Waals surface area contributed by atoms with Crippen LogP contribution >= 0.6 is 0 Å². The Kier molecular flexibility index (Phi) is 4.43. The van der Waals surface area contributed by atoms with E-state index >= 15 is 0 Å². The molecular formula is C15H19N3O. The molecule has 0 radical (unpaired) electrons. The fourth-order valence-corrected chi connectivity index (χ4v) is 2.28. The molecule has 4 nitrogen and oxygen atoms in total. The van der Waals surface area contributed by atoms with Crippen molar-refractivity contribution in [1.29, 1.82) is 0 Å². The minimum absolute atomic E-state index is 0.0400. The number of hydrogen-bond donors (Lipinski definition) is 2. The van der Waals surface area contributed by atoms with E-state index in [0.717, 1.165) is 18.8 Å². The van der Waals surface area contributed by atoms with Crippen molar-refractivity contribution in [2.45, 2.75) is 19.5 Å². The van der Waals surface area contributed by atoms with Crippen molar-refractivity contribution in [2.24, 2.45) is 0 Å². The minimum Gasteiger partial charge on any atom is -0.360 e. The van der Waals surface area contributed by atoms with Crippen LogP contribution in [-0.2, 0) is 11.3 Å². The van der Waals surface area contributed by atoms with E-state index in [0.29, 0.717) is 12.6 Å². The topological polar surface area (TPSA) is 44.4 Å². The van der Waals surface area contributed by atoms with E-state index in [1.54, 1.807) is 0 Å². The molecule has 1 heterocycles. The molecule has 0 bridgehead atoms. The Balaban J connectivity index is 2.13. The van der Waals surface area contributed by atoms with Crippen molar-refractivity contribution < 1.29 is 4.79 Å². The van der Waals surface area contributed by atoms with Gasteiger partial charge in [0.1, 0.15) is 0 Å². The zero-order valence-electron chi connectivity index (χ0n) is 11.1. The first-order valence-corrected chi connectivity index (χ1v) is 6.47. The molecule has 0 spiro atoms. The highest BCUT2D eigenvalue weighted by molar-refractivity contribution is 5.82.